The highest BCUT2D eigenvalue weighted by Gasteiger charge is 2.29. The van der Waals surface area contributed by atoms with Gasteiger partial charge in [0.15, 0.2) is 0 Å². The Bertz CT molecular complexity index is 1540. The van der Waals surface area contributed by atoms with Gasteiger partial charge in [-0.3, -0.25) is 23.7 Å². The summed E-state index contributed by atoms with van der Waals surface area (Å²) in [6, 6.07) is 22.6. The predicted molar refractivity (Wildman–Crippen MR) is 138 cm³/mol. The Hall–Kier alpha value is -4.37. The first kappa shape index (κ1) is 25.7. The number of nitrogens with zero attached hydrogens (tertiary/aromatic N) is 2. The average Bonchev–Trinajstić information content (AvgIpc) is 3.22. The molecule has 3 aromatic carbocycles. The van der Waals surface area contributed by atoms with Crippen molar-refractivity contribution in [2.45, 2.75) is 33.0 Å². The quantitative estimate of drug-likeness (QED) is 0.345. The fourth-order valence-corrected chi connectivity index (χ4v) is 4.92. The molecule has 4 rings (SSSR count). The highest BCUT2D eigenvalue weighted by molar-refractivity contribution is 7.16. The van der Waals surface area contributed by atoms with E-state index in [0.29, 0.717) is 21.3 Å². The minimum atomic E-state index is -1.28. The van der Waals surface area contributed by atoms with Gasteiger partial charge >= 0.3 is 11.9 Å². The topological polar surface area (TPSA) is 104 Å². The molecule has 0 spiro atoms. The average molecular weight is 517 g/mol. The normalized spacial score (nSPS) is 13.1. The van der Waals surface area contributed by atoms with Crippen molar-refractivity contribution in [1.29, 1.82) is 0 Å². The SMILES string of the molecule is CC(=O)OC(C(=O)N=c1sc2cc(C)ccc2n1C(=O)C(OC(C)=O)c1ccccc1)c1ccccc1. The molecule has 4 aromatic rings. The maximum absolute atomic E-state index is 13.9. The van der Waals surface area contributed by atoms with E-state index in [9.17, 15) is 19.2 Å². The van der Waals surface area contributed by atoms with E-state index in [0.717, 1.165) is 16.9 Å². The summed E-state index contributed by atoms with van der Waals surface area (Å²) in [5, 5.41) is 0. The Labute approximate surface area is 216 Å². The van der Waals surface area contributed by atoms with Crippen LogP contribution in [0.5, 0.6) is 0 Å². The molecular formula is C28H24N2O6S. The molecule has 1 aromatic heterocycles. The minimum absolute atomic E-state index is 0.0665. The summed E-state index contributed by atoms with van der Waals surface area (Å²) in [6.07, 6.45) is -2.54. The second-order valence-corrected chi connectivity index (χ2v) is 9.29. The number of rotatable bonds is 6. The van der Waals surface area contributed by atoms with Crippen molar-refractivity contribution < 1.29 is 28.7 Å². The van der Waals surface area contributed by atoms with Crippen LogP contribution in [0.25, 0.3) is 10.2 Å². The summed E-state index contributed by atoms with van der Waals surface area (Å²) in [5.41, 5.74) is 2.38. The summed E-state index contributed by atoms with van der Waals surface area (Å²) >= 11 is 1.13. The first-order valence-electron chi connectivity index (χ1n) is 11.4. The van der Waals surface area contributed by atoms with Crippen LogP contribution in [0.3, 0.4) is 0 Å². The van der Waals surface area contributed by atoms with Crippen LogP contribution in [0, 0.1) is 6.92 Å². The molecule has 0 aliphatic rings. The largest absolute Gasteiger partial charge is 0.447 e. The highest BCUT2D eigenvalue weighted by atomic mass is 32.1. The van der Waals surface area contributed by atoms with Crippen LogP contribution >= 0.6 is 11.3 Å². The van der Waals surface area contributed by atoms with E-state index >= 15 is 0 Å². The summed E-state index contributed by atoms with van der Waals surface area (Å²) < 4.78 is 12.7. The number of esters is 2. The molecule has 9 heteroatoms. The molecule has 188 valence electrons. The standard InChI is InChI=1S/C28H24N2O6S/c1-17-14-15-22-23(16-17)37-28(29-26(33)24(35-18(2)31)20-10-6-4-7-11-20)30(22)27(34)25(36-19(3)32)21-12-8-5-9-13-21/h4-16,24-25H,1-3H3. The summed E-state index contributed by atoms with van der Waals surface area (Å²) in [7, 11) is 0. The van der Waals surface area contributed by atoms with Crippen molar-refractivity contribution in [1.82, 2.24) is 4.57 Å². The van der Waals surface area contributed by atoms with Crippen molar-refractivity contribution in [3.05, 3.63) is 100 Å². The fourth-order valence-electron chi connectivity index (χ4n) is 3.80. The van der Waals surface area contributed by atoms with Gasteiger partial charge in [0.2, 0.25) is 17.0 Å². The molecule has 8 nitrogen and oxygen atoms in total. The lowest BCUT2D eigenvalue weighted by Gasteiger charge is -2.17. The smallest absolute Gasteiger partial charge is 0.303 e. The molecule has 2 atom stereocenters. The molecule has 1 heterocycles. The van der Waals surface area contributed by atoms with Gasteiger partial charge in [0.1, 0.15) is 0 Å². The van der Waals surface area contributed by atoms with Crippen LogP contribution in [0.4, 0.5) is 0 Å². The number of aryl methyl sites for hydroxylation is 1. The van der Waals surface area contributed by atoms with Crippen LogP contribution in [0.1, 0.15) is 47.5 Å². The second kappa shape index (κ2) is 11.1. The summed E-state index contributed by atoms with van der Waals surface area (Å²) in [5.74, 6) is -2.62. The van der Waals surface area contributed by atoms with Gasteiger partial charge in [-0.15, -0.1) is 0 Å². The number of amides is 1. The third-order valence-corrected chi connectivity index (χ3v) is 6.40. The first-order chi connectivity index (χ1) is 17.7. The van der Waals surface area contributed by atoms with Gasteiger partial charge in [-0.25, -0.2) is 0 Å². The number of hydrogen-bond donors (Lipinski definition) is 0. The van der Waals surface area contributed by atoms with Gasteiger partial charge in [0, 0.05) is 25.0 Å². The highest BCUT2D eigenvalue weighted by Crippen LogP contribution is 2.25. The molecule has 0 radical (unpaired) electrons. The van der Waals surface area contributed by atoms with Crippen LogP contribution in [-0.4, -0.2) is 28.3 Å². The Kier molecular flexibility index (Phi) is 7.74. The maximum atomic E-state index is 13.9. The van der Waals surface area contributed by atoms with Crippen molar-refractivity contribution in [2.75, 3.05) is 0 Å². The Morgan fingerprint density at radius 3 is 1.89 bits per heavy atom. The van der Waals surface area contributed by atoms with Crippen molar-refractivity contribution >= 4 is 45.3 Å². The van der Waals surface area contributed by atoms with E-state index in [-0.39, 0.29) is 4.80 Å². The zero-order chi connectivity index (χ0) is 26.5. The third kappa shape index (κ3) is 5.90. The lowest BCUT2D eigenvalue weighted by molar-refractivity contribution is -0.153. The van der Waals surface area contributed by atoms with Crippen LogP contribution < -0.4 is 4.80 Å². The molecule has 0 saturated heterocycles. The number of fused-ring (bicyclic) bond motifs is 1. The Balaban J connectivity index is 1.89. The number of ether oxygens (including phenoxy) is 2. The van der Waals surface area contributed by atoms with Gasteiger partial charge in [0.05, 0.1) is 10.2 Å². The van der Waals surface area contributed by atoms with E-state index in [1.54, 1.807) is 66.7 Å². The predicted octanol–water partition coefficient (Wildman–Crippen LogP) is 4.69. The summed E-state index contributed by atoms with van der Waals surface area (Å²) in [6.45, 7) is 4.34. The molecule has 2 unspecified atom stereocenters. The van der Waals surface area contributed by atoms with Gasteiger partial charge in [0.25, 0.3) is 11.8 Å². The molecule has 0 aliphatic carbocycles. The monoisotopic (exact) mass is 516 g/mol. The van der Waals surface area contributed by atoms with Crippen LogP contribution in [0.2, 0.25) is 0 Å². The zero-order valence-electron chi connectivity index (χ0n) is 20.4. The molecule has 0 N–H and O–H groups in total. The molecule has 1 amide bonds. The number of carbonyl (C=O) groups excluding carboxylic acids is 4. The van der Waals surface area contributed by atoms with Gasteiger partial charge in [-0.1, -0.05) is 78.1 Å². The summed E-state index contributed by atoms with van der Waals surface area (Å²) in [4.78, 5) is 55.2. The fraction of sp³-hybridized carbons (Fsp3) is 0.179. The van der Waals surface area contributed by atoms with Gasteiger partial charge < -0.3 is 9.47 Å². The van der Waals surface area contributed by atoms with Crippen molar-refractivity contribution in [3.63, 3.8) is 0 Å². The lowest BCUT2D eigenvalue weighted by Crippen LogP contribution is -2.31. The zero-order valence-corrected chi connectivity index (χ0v) is 21.2. The lowest BCUT2D eigenvalue weighted by atomic mass is 10.1. The number of benzene rings is 3. The third-order valence-electron chi connectivity index (χ3n) is 5.40. The Morgan fingerprint density at radius 1 is 0.784 bits per heavy atom. The maximum Gasteiger partial charge on any atom is 0.303 e. The minimum Gasteiger partial charge on any atom is -0.447 e. The molecule has 0 fully saturated rings. The molecule has 0 bridgehead atoms. The van der Waals surface area contributed by atoms with E-state index in [1.165, 1.54) is 18.4 Å². The van der Waals surface area contributed by atoms with E-state index < -0.39 is 36.0 Å². The van der Waals surface area contributed by atoms with E-state index in [4.69, 9.17) is 9.47 Å². The number of hydrogen-bond acceptors (Lipinski definition) is 7. The molecule has 37 heavy (non-hydrogen) atoms. The van der Waals surface area contributed by atoms with Gasteiger partial charge in [-0.2, -0.15) is 4.99 Å². The number of aromatic nitrogens is 1. The van der Waals surface area contributed by atoms with Crippen LogP contribution in [0.15, 0.2) is 83.9 Å². The molecule has 0 aliphatic heterocycles. The molecule has 0 saturated carbocycles. The Morgan fingerprint density at radius 2 is 1.32 bits per heavy atom. The number of thiazole rings is 1. The first-order valence-corrected chi connectivity index (χ1v) is 12.3. The van der Waals surface area contributed by atoms with E-state index in [1.807, 2.05) is 19.1 Å². The molecular weight excluding hydrogens is 492 g/mol. The second-order valence-electron chi connectivity index (χ2n) is 8.28. The van der Waals surface area contributed by atoms with Crippen LogP contribution in [-0.2, 0) is 23.9 Å². The van der Waals surface area contributed by atoms with Crippen molar-refractivity contribution in [3.8, 4) is 0 Å². The number of carbonyl (C=O) groups is 4. The van der Waals surface area contributed by atoms with E-state index in [2.05, 4.69) is 4.99 Å². The van der Waals surface area contributed by atoms with Gasteiger partial charge in [-0.05, 0) is 24.6 Å². The van der Waals surface area contributed by atoms with Crippen molar-refractivity contribution in [2.24, 2.45) is 4.99 Å².